The van der Waals surface area contributed by atoms with Crippen LogP contribution >= 0.6 is 11.3 Å². The Labute approximate surface area is 254 Å². The number of fused-ring (bicyclic) bond motifs is 1. The van der Waals surface area contributed by atoms with E-state index in [0.29, 0.717) is 38.0 Å². The van der Waals surface area contributed by atoms with E-state index in [2.05, 4.69) is 19.8 Å². The number of hydrogen-bond acceptors (Lipinski definition) is 7. The number of methoxy groups -OCH3 is 1. The molecule has 0 saturated carbocycles. The zero-order valence-corrected chi connectivity index (χ0v) is 25.3. The molecule has 0 N–H and O–H groups in total. The normalized spacial score (nSPS) is 14.6. The Morgan fingerprint density at radius 1 is 1.09 bits per heavy atom. The molecule has 0 bridgehead atoms. The van der Waals surface area contributed by atoms with Gasteiger partial charge in [-0.05, 0) is 47.7 Å². The number of rotatable bonds is 9. The highest BCUT2D eigenvalue weighted by molar-refractivity contribution is 7.07. The predicted molar refractivity (Wildman–Crippen MR) is 169 cm³/mol. The van der Waals surface area contributed by atoms with Crippen molar-refractivity contribution >= 4 is 29.1 Å². The van der Waals surface area contributed by atoms with Crippen LogP contribution < -0.4 is 24.4 Å². The fourth-order valence-corrected chi connectivity index (χ4v) is 5.98. The molecule has 0 spiro atoms. The summed E-state index contributed by atoms with van der Waals surface area (Å²) in [5.74, 6) is 3.27. The number of aromatic nitrogens is 1. The van der Waals surface area contributed by atoms with E-state index in [9.17, 15) is 9.59 Å². The molecular formula is C35H32N2O5S. The van der Waals surface area contributed by atoms with Gasteiger partial charge in [-0.2, -0.15) is 0 Å². The van der Waals surface area contributed by atoms with Crippen molar-refractivity contribution in [2.45, 2.75) is 32.7 Å². The van der Waals surface area contributed by atoms with Crippen molar-refractivity contribution in [1.29, 1.82) is 0 Å². The lowest BCUT2D eigenvalue weighted by Crippen LogP contribution is -2.40. The van der Waals surface area contributed by atoms with Crippen LogP contribution in [-0.4, -0.2) is 30.9 Å². The van der Waals surface area contributed by atoms with E-state index in [1.54, 1.807) is 36.8 Å². The maximum Gasteiger partial charge on any atom is 0.338 e. The molecule has 43 heavy (non-hydrogen) atoms. The van der Waals surface area contributed by atoms with E-state index in [4.69, 9.17) is 25.6 Å². The second-order valence-electron chi connectivity index (χ2n) is 10.2. The van der Waals surface area contributed by atoms with Crippen LogP contribution in [0.3, 0.4) is 0 Å². The van der Waals surface area contributed by atoms with E-state index in [1.165, 1.54) is 11.3 Å². The van der Waals surface area contributed by atoms with Gasteiger partial charge < -0.3 is 14.2 Å². The third-order valence-corrected chi connectivity index (χ3v) is 8.07. The Bertz CT molecular complexity index is 1890. The number of carbonyl (C=O) groups is 1. The first kappa shape index (κ1) is 29.6. The van der Waals surface area contributed by atoms with Gasteiger partial charge in [0.2, 0.25) is 0 Å². The summed E-state index contributed by atoms with van der Waals surface area (Å²) in [6.07, 6.45) is 7.12. The lowest BCUT2D eigenvalue weighted by atomic mass is 9.91. The molecule has 4 aromatic rings. The average molecular weight is 593 g/mol. The maximum absolute atomic E-state index is 14.1. The fourth-order valence-electron chi connectivity index (χ4n) is 4.98. The molecule has 0 unspecified atom stereocenters. The van der Waals surface area contributed by atoms with Gasteiger partial charge in [-0.1, -0.05) is 91.8 Å². The van der Waals surface area contributed by atoms with Crippen molar-refractivity contribution in [3.05, 3.63) is 120 Å². The standard InChI is InChI=1S/C35H32N2O5S/c1-6-19-42-27-18-13-23(20-28(27)40-5)21-29-33(38)37-32(26-16-14-24(15-17-26)22(3)4)30(34(39)41-7-2)31(36-35(37)43-29)25-11-9-8-10-12-25/h1,8-18,20-22,32H,7,19H2,2-5H3/b29-21-/t32-/m1/s1. The Kier molecular flexibility index (Phi) is 8.93. The molecule has 1 aromatic heterocycles. The van der Waals surface area contributed by atoms with Crippen molar-refractivity contribution in [3.63, 3.8) is 0 Å². The van der Waals surface area contributed by atoms with Gasteiger partial charge in [-0.25, -0.2) is 9.79 Å². The molecule has 0 radical (unpaired) electrons. The lowest BCUT2D eigenvalue weighted by Gasteiger charge is -2.26. The zero-order chi connectivity index (χ0) is 30.5. The van der Waals surface area contributed by atoms with Gasteiger partial charge >= 0.3 is 5.97 Å². The summed E-state index contributed by atoms with van der Waals surface area (Å²) >= 11 is 1.26. The van der Waals surface area contributed by atoms with Gasteiger partial charge in [0, 0.05) is 5.56 Å². The molecule has 218 valence electrons. The maximum atomic E-state index is 14.1. The third kappa shape index (κ3) is 6.04. The summed E-state index contributed by atoms with van der Waals surface area (Å²) in [5, 5.41) is 0. The molecule has 1 atom stereocenters. The SMILES string of the molecule is C#CCOc1ccc(/C=c2\sc3n(c2=O)[C@H](c2ccc(C(C)C)cc2)C(C(=O)OCC)=C(c2ccccc2)N=3)cc1OC. The first-order chi connectivity index (χ1) is 20.9. The predicted octanol–water partition coefficient (Wildman–Crippen LogP) is 5.08. The Hall–Kier alpha value is -4.87. The summed E-state index contributed by atoms with van der Waals surface area (Å²) in [6, 6.07) is 22.2. The van der Waals surface area contributed by atoms with Gasteiger partial charge in [0.15, 0.2) is 16.3 Å². The fraction of sp³-hybridized carbons (Fsp3) is 0.229. The molecule has 3 aromatic carbocycles. The Morgan fingerprint density at radius 3 is 2.49 bits per heavy atom. The first-order valence-corrected chi connectivity index (χ1v) is 14.8. The number of terminal acetylenes is 1. The van der Waals surface area contributed by atoms with E-state index >= 15 is 0 Å². The van der Waals surface area contributed by atoms with Crippen molar-refractivity contribution in [2.75, 3.05) is 20.3 Å². The molecule has 7 nitrogen and oxygen atoms in total. The molecule has 0 amide bonds. The minimum atomic E-state index is -0.733. The summed E-state index contributed by atoms with van der Waals surface area (Å²) in [7, 11) is 1.54. The first-order valence-electron chi connectivity index (χ1n) is 14.0. The lowest BCUT2D eigenvalue weighted by molar-refractivity contribution is -0.138. The second-order valence-corrected chi connectivity index (χ2v) is 11.2. The van der Waals surface area contributed by atoms with Crippen molar-refractivity contribution in [1.82, 2.24) is 4.57 Å². The van der Waals surface area contributed by atoms with Crippen LogP contribution in [0, 0.1) is 12.3 Å². The molecule has 2 heterocycles. The highest BCUT2D eigenvalue weighted by atomic mass is 32.1. The number of thiazole rings is 1. The van der Waals surface area contributed by atoms with E-state index < -0.39 is 12.0 Å². The highest BCUT2D eigenvalue weighted by Gasteiger charge is 2.35. The molecule has 5 rings (SSSR count). The number of ether oxygens (including phenoxy) is 3. The van der Waals surface area contributed by atoms with Crippen LogP contribution in [-0.2, 0) is 9.53 Å². The molecular weight excluding hydrogens is 560 g/mol. The van der Waals surface area contributed by atoms with Crippen LogP contribution in [0.5, 0.6) is 11.5 Å². The topological polar surface area (TPSA) is 79.1 Å². The van der Waals surface area contributed by atoms with Gasteiger partial charge in [0.05, 0.1) is 35.6 Å². The van der Waals surface area contributed by atoms with Gasteiger partial charge in [-0.3, -0.25) is 9.36 Å². The van der Waals surface area contributed by atoms with E-state index in [1.807, 2.05) is 60.7 Å². The summed E-state index contributed by atoms with van der Waals surface area (Å²) < 4.78 is 18.7. The van der Waals surface area contributed by atoms with Gasteiger partial charge in [-0.15, -0.1) is 6.42 Å². The van der Waals surface area contributed by atoms with Crippen LogP contribution in [0.1, 0.15) is 55.0 Å². The van der Waals surface area contributed by atoms with Gasteiger partial charge in [0.1, 0.15) is 6.61 Å². The van der Waals surface area contributed by atoms with Crippen LogP contribution in [0.15, 0.2) is 88.2 Å². The summed E-state index contributed by atoms with van der Waals surface area (Å²) in [6.45, 7) is 6.31. The number of nitrogens with zero attached hydrogens (tertiary/aromatic N) is 2. The molecule has 0 fully saturated rings. The minimum absolute atomic E-state index is 0.110. The largest absolute Gasteiger partial charge is 0.493 e. The Balaban J connectivity index is 1.75. The number of carbonyl (C=O) groups excluding carboxylic acids is 1. The quantitative estimate of drug-likeness (QED) is 0.200. The van der Waals surface area contributed by atoms with Crippen molar-refractivity contribution < 1.29 is 19.0 Å². The highest BCUT2D eigenvalue weighted by Crippen LogP contribution is 2.35. The average Bonchev–Trinajstić information content (AvgIpc) is 3.34. The van der Waals surface area contributed by atoms with Crippen molar-refractivity contribution in [2.24, 2.45) is 4.99 Å². The molecule has 0 saturated heterocycles. The zero-order valence-electron chi connectivity index (χ0n) is 24.5. The van der Waals surface area contributed by atoms with Crippen LogP contribution in [0.2, 0.25) is 0 Å². The smallest absolute Gasteiger partial charge is 0.338 e. The minimum Gasteiger partial charge on any atom is -0.493 e. The van der Waals surface area contributed by atoms with E-state index in [0.717, 1.165) is 22.3 Å². The molecule has 8 heteroatoms. The molecule has 1 aliphatic heterocycles. The van der Waals surface area contributed by atoms with E-state index in [-0.39, 0.29) is 18.8 Å². The monoisotopic (exact) mass is 592 g/mol. The summed E-state index contributed by atoms with van der Waals surface area (Å²) in [4.78, 5) is 33.2. The molecule has 1 aliphatic rings. The summed E-state index contributed by atoms with van der Waals surface area (Å²) in [5.41, 5.74) is 4.00. The number of esters is 1. The number of hydrogen-bond donors (Lipinski definition) is 0. The molecule has 0 aliphatic carbocycles. The number of benzene rings is 3. The Morgan fingerprint density at radius 2 is 1.84 bits per heavy atom. The van der Waals surface area contributed by atoms with Crippen LogP contribution in [0.25, 0.3) is 11.8 Å². The van der Waals surface area contributed by atoms with Gasteiger partial charge in [0.25, 0.3) is 5.56 Å². The van der Waals surface area contributed by atoms with Crippen LogP contribution in [0.4, 0.5) is 0 Å². The second kappa shape index (κ2) is 13.0. The van der Waals surface area contributed by atoms with Crippen molar-refractivity contribution in [3.8, 4) is 23.8 Å². The third-order valence-electron chi connectivity index (χ3n) is 7.09.